The average molecular weight is 316 g/mol. The summed E-state index contributed by atoms with van der Waals surface area (Å²) in [6.07, 6.45) is 6.48. The monoisotopic (exact) mass is 316 g/mol. The van der Waals surface area contributed by atoms with Crippen LogP contribution in [0.3, 0.4) is 0 Å². The molecule has 3 rings (SSSR count). The summed E-state index contributed by atoms with van der Waals surface area (Å²) in [4.78, 5) is 26.0. The fourth-order valence-electron chi connectivity index (χ4n) is 3.35. The highest BCUT2D eigenvalue weighted by molar-refractivity contribution is 6.01. The molecule has 5 nitrogen and oxygen atoms in total. The number of benzene rings is 1. The van der Waals surface area contributed by atoms with E-state index in [1.165, 1.54) is 25.7 Å². The van der Waals surface area contributed by atoms with Gasteiger partial charge in [-0.1, -0.05) is 25.7 Å². The molecule has 1 N–H and O–H groups in total. The molecule has 0 radical (unpaired) electrons. The lowest BCUT2D eigenvalue weighted by Crippen LogP contribution is -2.42. The van der Waals surface area contributed by atoms with E-state index in [2.05, 4.69) is 5.32 Å². The lowest BCUT2D eigenvalue weighted by atomic mass is 10.1. The third-order valence-electron chi connectivity index (χ3n) is 4.76. The number of hydrogen-bond acceptors (Lipinski definition) is 3. The molecule has 0 aromatic heterocycles. The van der Waals surface area contributed by atoms with E-state index in [9.17, 15) is 9.59 Å². The van der Waals surface area contributed by atoms with Crippen molar-refractivity contribution in [2.24, 2.45) is 0 Å². The summed E-state index contributed by atoms with van der Waals surface area (Å²) in [7, 11) is 1.73. The Morgan fingerprint density at radius 3 is 2.61 bits per heavy atom. The van der Waals surface area contributed by atoms with Gasteiger partial charge >= 0.3 is 0 Å². The van der Waals surface area contributed by atoms with E-state index in [1.54, 1.807) is 37.1 Å². The topological polar surface area (TPSA) is 58.6 Å². The van der Waals surface area contributed by atoms with Crippen LogP contribution in [0.25, 0.3) is 0 Å². The highest BCUT2D eigenvalue weighted by Gasteiger charge is 2.29. The highest BCUT2D eigenvalue weighted by Crippen LogP contribution is 2.34. The Bertz CT molecular complexity index is 606. The second-order valence-electron chi connectivity index (χ2n) is 6.50. The Morgan fingerprint density at radius 1 is 1.22 bits per heavy atom. The maximum Gasteiger partial charge on any atom is 0.267 e. The van der Waals surface area contributed by atoms with Gasteiger partial charge in [0.15, 0.2) is 6.10 Å². The first-order valence-electron chi connectivity index (χ1n) is 8.45. The fraction of sp³-hybridized carbons (Fsp3) is 0.556. The zero-order valence-corrected chi connectivity index (χ0v) is 13.8. The van der Waals surface area contributed by atoms with Crippen molar-refractivity contribution in [2.45, 2.75) is 57.6 Å². The van der Waals surface area contributed by atoms with Crippen molar-refractivity contribution in [1.29, 1.82) is 0 Å². The minimum absolute atomic E-state index is 0.0597. The normalized spacial score (nSPS) is 22.1. The Hall–Kier alpha value is -2.04. The predicted octanol–water partition coefficient (Wildman–Crippen LogP) is 2.88. The van der Waals surface area contributed by atoms with Gasteiger partial charge in [-0.15, -0.1) is 0 Å². The Labute approximate surface area is 137 Å². The zero-order valence-electron chi connectivity index (χ0n) is 13.8. The van der Waals surface area contributed by atoms with Crippen LogP contribution in [0.4, 0.5) is 5.69 Å². The van der Waals surface area contributed by atoms with Crippen LogP contribution in [-0.2, 0) is 4.79 Å². The van der Waals surface area contributed by atoms with Gasteiger partial charge in [0.05, 0.1) is 5.69 Å². The number of carbonyl (C=O) groups excluding carboxylic acids is 2. The summed E-state index contributed by atoms with van der Waals surface area (Å²) in [6.45, 7) is 1.72. The molecule has 124 valence electrons. The molecule has 2 aliphatic rings. The van der Waals surface area contributed by atoms with Crippen LogP contribution in [0.15, 0.2) is 18.2 Å². The molecular weight excluding hydrogens is 292 g/mol. The molecule has 5 heteroatoms. The van der Waals surface area contributed by atoms with Crippen molar-refractivity contribution in [2.75, 3.05) is 11.9 Å². The molecule has 1 aliphatic heterocycles. The predicted molar refractivity (Wildman–Crippen MR) is 88.9 cm³/mol. The van der Waals surface area contributed by atoms with E-state index in [0.717, 1.165) is 12.8 Å². The molecule has 1 aromatic carbocycles. The summed E-state index contributed by atoms with van der Waals surface area (Å²) < 4.78 is 5.64. The van der Waals surface area contributed by atoms with Crippen LogP contribution in [0.1, 0.15) is 55.8 Å². The number of nitrogens with zero attached hydrogens (tertiary/aromatic N) is 1. The molecule has 1 fully saturated rings. The summed E-state index contributed by atoms with van der Waals surface area (Å²) in [5, 5.41) is 3.14. The fourth-order valence-corrected chi connectivity index (χ4v) is 3.35. The van der Waals surface area contributed by atoms with Crippen molar-refractivity contribution in [3.8, 4) is 5.75 Å². The van der Waals surface area contributed by atoms with Gasteiger partial charge in [-0.3, -0.25) is 9.59 Å². The number of carbonyl (C=O) groups is 2. The Balaban J connectivity index is 1.75. The van der Waals surface area contributed by atoms with E-state index in [1.807, 2.05) is 0 Å². The lowest BCUT2D eigenvalue weighted by Gasteiger charge is -2.30. The number of amides is 2. The molecule has 1 atom stereocenters. The van der Waals surface area contributed by atoms with Crippen LogP contribution in [-0.4, -0.2) is 31.0 Å². The molecule has 1 aliphatic carbocycles. The van der Waals surface area contributed by atoms with Gasteiger partial charge in [0.1, 0.15) is 5.75 Å². The van der Waals surface area contributed by atoms with Gasteiger partial charge in [-0.2, -0.15) is 0 Å². The van der Waals surface area contributed by atoms with Crippen molar-refractivity contribution >= 4 is 17.5 Å². The average Bonchev–Trinajstić information content (AvgIpc) is 2.81. The first-order valence-corrected chi connectivity index (χ1v) is 8.45. The van der Waals surface area contributed by atoms with Crippen LogP contribution in [0, 0.1) is 0 Å². The molecule has 1 unspecified atom stereocenters. The molecule has 0 bridgehead atoms. The number of rotatable bonds is 2. The van der Waals surface area contributed by atoms with Crippen molar-refractivity contribution in [1.82, 2.24) is 5.32 Å². The number of likely N-dealkylation sites (N-methyl/N-ethyl adjacent to an activating group) is 1. The number of hydrogen-bond donors (Lipinski definition) is 1. The van der Waals surface area contributed by atoms with Crippen molar-refractivity contribution in [3.63, 3.8) is 0 Å². The van der Waals surface area contributed by atoms with Crippen LogP contribution < -0.4 is 15.0 Å². The molecule has 2 amide bonds. The smallest absolute Gasteiger partial charge is 0.267 e. The third kappa shape index (κ3) is 3.33. The number of anilines is 1. The minimum atomic E-state index is -0.521. The lowest BCUT2D eigenvalue weighted by molar-refractivity contribution is -0.125. The molecule has 0 spiro atoms. The van der Waals surface area contributed by atoms with Crippen molar-refractivity contribution in [3.05, 3.63) is 23.8 Å². The summed E-state index contributed by atoms with van der Waals surface area (Å²) >= 11 is 0. The second kappa shape index (κ2) is 6.60. The molecular formula is C18H24N2O3. The minimum Gasteiger partial charge on any atom is -0.479 e. The third-order valence-corrected chi connectivity index (χ3v) is 4.76. The zero-order chi connectivity index (χ0) is 16.4. The molecule has 1 heterocycles. The number of nitrogens with one attached hydrogen (secondary N) is 1. The molecule has 1 saturated carbocycles. The standard InChI is InChI=1S/C18H24N2O3/c1-12-18(22)20(2)15-10-9-13(11-16(15)23-12)17(21)19-14-7-5-3-4-6-8-14/h9-12,14H,3-8H2,1-2H3,(H,19,21). The molecule has 1 aromatic rings. The Kier molecular flexibility index (Phi) is 4.55. The molecule has 0 saturated heterocycles. The maximum atomic E-state index is 12.5. The van der Waals surface area contributed by atoms with Crippen LogP contribution in [0.5, 0.6) is 5.75 Å². The first kappa shape index (κ1) is 15.8. The largest absolute Gasteiger partial charge is 0.479 e. The number of fused-ring (bicyclic) bond motifs is 1. The molecule has 23 heavy (non-hydrogen) atoms. The van der Waals surface area contributed by atoms with Gasteiger partial charge < -0.3 is 15.0 Å². The summed E-state index contributed by atoms with van der Waals surface area (Å²) in [6, 6.07) is 5.54. The quantitative estimate of drug-likeness (QED) is 0.854. The van der Waals surface area contributed by atoms with Crippen LogP contribution in [0.2, 0.25) is 0 Å². The van der Waals surface area contributed by atoms with Gasteiger partial charge in [0.2, 0.25) is 0 Å². The maximum absolute atomic E-state index is 12.5. The summed E-state index contributed by atoms with van der Waals surface area (Å²) in [5.41, 5.74) is 1.29. The van der Waals surface area contributed by atoms with E-state index >= 15 is 0 Å². The second-order valence-corrected chi connectivity index (χ2v) is 6.50. The highest BCUT2D eigenvalue weighted by atomic mass is 16.5. The van der Waals surface area contributed by atoms with Gasteiger partial charge in [0, 0.05) is 18.7 Å². The van der Waals surface area contributed by atoms with Gasteiger partial charge in [-0.05, 0) is 38.0 Å². The van der Waals surface area contributed by atoms with E-state index in [-0.39, 0.29) is 17.9 Å². The van der Waals surface area contributed by atoms with Crippen molar-refractivity contribution < 1.29 is 14.3 Å². The van der Waals surface area contributed by atoms with E-state index in [4.69, 9.17) is 4.74 Å². The van der Waals surface area contributed by atoms with Gasteiger partial charge in [-0.25, -0.2) is 0 Å². The van der Waals surface area contributed by atoms with E-state index < -0.39 is 6.10 Å². The first-order chi connectivity index (χ1) is 11.1. The summed E-state index contributed by atoms with van der Waals surface area (Å²) in [5.74, 6) is 0.455. The van der Waals surface area contributed by atoms with Gasteiger partial charge in [0.25, 0.3) is 11.8 Å². The SMILES string of the molecule is CC1Oc2cc(C(=O)NC3CCCCCC3)ccc2N(C)C1=O. The number of ether oxygens (including phenoxy) is 1. The van der Waals surface area contributed by atoms with E-state index in [0.29, 0.717) is 17.0 Å². The Morgan fingerprint density at radius 2 is 1.91 bits per heavy atom. The van der Waals surface area contributed by atoms with Crippen LogP contribution >= 0.6 is 0 Å².